The van der Waals surface area contributed by atoms with Crippen molar-refractivity contribution < 1.29 is 92.7 Å². The molecule has 0 saturated heterocycles. The number of hydrogen-bond donors (Lipinski definition) is 22. The number of carbonyl (C=O) groups is 14. The van der Waals surface area contributed by atoms with Gasteiger partial charge in [0.25, 0.3) is 0 Å². The van der Waals surface area contributed by atoms with Crippen LogP contribution >= 0.6 is 12.6 Å². The van der Waals surface area contributed by atoms with Crippen LogP contribution in [0, 0.1) is 17.8 Å². The normalized spacial score (nSPS) is 15.5. The number of nitrogens with one attached hydrogen (secondary N) is 12. The third kappa shape index (κ3) is 31.7. The highest BCUT2D eigenvalue weighted by Crippen LogP contribution is 2.13. The molecule has 0 bridgehead atoms. The van der Waals surface area contributed by atoms with Crippen LogP contribution in [0.2, 0.25) is 0 Å². The molecule has 506 valence electrons. The molecule has 0 aromatic rings. The molecule has 13 atom stereocenters. The van der Waals surface area contributed by atoms with Gasteiger partial charge in [0, 0.05) is 18.7 Å². The van der Waals surface area contributed by atoms with Gasteiger partial charge in [-0.25, -0.2) is 4.79 Å². The van der Waals surface area contributed by atoms with Crippen LogP contribution in [0.3, 0.4) is 0 Å². The maximum atomic E-state index is 14.2. The topological polar surface area (TPSA) is 601 Å². The largest absolute Gasteiger partial charge is 0.480 e. The second kappa shape index (κ2) is 42.0. The molecule has 0 fully saturated rings. The molecule has 0 aliphatic rings. The summed E-state index contributed by atoms with van der Waals surface area (Å²) in [5.41, 5.74) is 21.7. The number of aliphatic hydroxyl groups is 4. The van der Waals surface area contributed by atoms with Gasteiger partial charge < -0.3 is 112 Å². The van der Waals surface area contributed by atoms with Gasteiger partial charge in [-0.15, -0.1) is 0 Å². The summed E-state index contributed by atoms with van der Waals surface area (Å²) in [6, 6.07) is -16.8. The standard InChI is InChI=1S/C52H93N17O19S/c1-9-25(6)39(49(85)66-34(21-72)51(87)88)68-50(86)40(27(8)73)69-48(84)35(22-89)67-47(83)33(20-71)65-45(81)31(16-24(4)5)63-43(79)29(11-10-14-57-52(55)56)62-44(80)30(15-23(2)3)64-46(82)32(19-70)61-38(76)18-58-37(75)17-59-41(77)26(7)60-42(78)28(53)12-13-36(54)74/h23-35,39-40,70-73,89H,9-22,53H2,1-8H3,(H2,54,74)(H,58,75)(H,59,77)(H,60,78)(H,61,76)(H,62,80)(H,63,79)(H,64,82)(H,65,81)(H,66,85)(H,67,83)(H,68,86)(H,69,84)(H,87,88)(H4,55,56,57)/t25-,26-,27+,28-,29-,30-,31-,32-,33-,34-,35-,39-,40-/m0/s1. The lowest BCUT2D eigenvalue weighted by molar-refractivity contribution is -0.144. The fraction of sp³-hybridized carbons (Fsp3) is 0.712. The first-order valence-corrected chi connectivity index (χ1v) is 29.2. The number of carboxylic acid groups (broad SMARTS) is 1. The maximum Gasteiger partial charge on any atom is 0.328 e. The number of aliphatic imine (C=N–C) groups is 1. The van der Waals surface area contributed by atoms with Crippen molar-refractivity contribution in [3.05, 3.63) is 0 Å². The minimum absolute atomic E-state index is 0.0429. The Morgan fingerprint density at radius 3 is 1.37 bits per heavy atom. The number of primary amides is 1. The molecule has 0 aliphatic carbocycles. The van der Waals surface area contributed by atoms with E-state index in [1.807, 2.05) is 0 Å². The van der Waals surface area contributed by atoms with E-state index in [0.29, 0.717) is 0 Å². The quantitative estimate of drug-likeness (QED) is 0.0117. The van der Waals surface area contributed by atoms with Crippen molar-refractivity contribution in [1.29, 1.82) is 0 Å². The van der Waals surface area contributed by atoms with E-state index in [4.69, 9.17) is 22.9 Å². The van der Waals surface area contributed by atoms with Crippen molar-refractivity contribution in [3.63, 3.8) is 0 Å². The molecule has 0 aliphatic heterocycles. The van der Waals surface area contributed by atoms with Gasteiger partial charge >= 0.3 is 5.97 Å². The van der Waals surface area contributed by atoms with Crippen molar-refractivity contribution in [3.8, 4) is 0 Å². The number of nitrogens with two attached hydrogens (primary N) is 4. The van der Waals surface area contributed by atoms with E-state index in [-0.39, 0.29) is 69.3 Å². The predicted molar refractivity (Wildman–Crippen MR) is 320 cm³/mol. The number of carboxylic acids is 1. The molecule has 0 aromatic heterocycles. The van der Waals surface area contributed by atoms with Crippen LogP contribution in [0.5, 0.6) is 0 Å². The average molecular weight is 1290 g/mol. The van der Waals surface area contributed by atoms with Crippen LogP contribution in [0.25, 0.3) is 0 Å². The molecule has 36 nitrogen and oxygen atoms in total. The second-order valence-corrected chi connectivity index (χ2v) is 22.1. The summed E-state index contributed by atoms with van der Waals surface area (Å²) in [5, 5.41) is 77.5. The smallest absolute Gasteiger partial charge is 0.328 e. The fourth-order valence-electron chi connectivity index (χ4n) is 7.80. The summed E-state index contributed by atoms with van der Waals surface area (Å²) in [7, 11) is 0. The van der Waals surface area contributed by atoms with Crippen molar-refractivity contribution in [1.82, 2.24) is 63.8 Å². The zero-order valence-electron chi connectivity index (χ0n) is 51.2. The van der Waals surface area contributed by atoms with E-state index in [1.54, 1.807) is 41.5 Å². The molecular weight excluding hydrogens is 1200 g/mol. The van der Waals surface area contributed by atoms with Gasteiger partial charge in [-0.1, -0.05) is 48.0 Å². The van der Waals surface area contributed by atoms with Gasteiger partial charge in [-0.05, 0) is 63.7 Å². The number of amides is 13. The van der Waals surface area contributed by atoms with Crippen molar-refractivity contribution in [2.75, 3.05) is 45.2 Å². The summed E-state index contributed by atoms with van der Waals surface area (Å²) >= 11 is 4.12. The van der Waals surface area contributed by atoms with Gasteiger partial charge in [0.05, 0.1) is 45.1 Å². The van der Waals surface area contributed by atoms with Crippen molar-refractivity contribution >= 4 is 101 Å². The highest BCUT2D eigenvalue weighted by Gasteiger charge is 2.37. The van der Waals surface area contributed by atoms with E-state index >= 15 is 0 Å². The summed E-state index contributed by atoms with van der Waals surface area (Å²) in [4.78, 5) is 186. The Labute approximate surface area is 520 Å². The van der Waals surface area contributed by atoms with Gasteiger partial charge in [-0.2, -0.15) is 12.6 Å². The van der Waals surface area contributed by atoms with Crippen LogP contribution in [0.4, 0.5) is 0 Å². The monoisotopic (exact) mass is 1290 g/mol. The number of thiol groups is 1. The zero-order chi connectivity index (χ0) is 68.4. The Morgan fingerprint density at radius 2 is 0.910 bits per heavy atom. The first-order valence-electron chi connectivity index (χ1n) is 28.6. The number of aliphatic carboxylic acids is 1. The maximum absolute atomic E-state index is 14.2. The molecule has 0 heterocycles. The average Bonchev–Trinajstić information content (AvgIpc) is 3.65. The van der Waals surface area contributed by atoms with Gasteiger partial charge in [-0.3, -0.25) is 67.3 Å². The van der Waals surface area contributed by atoms with Gasteiger partial charge in [0.1, 0.15) is 60.4 Å². The lowest BCUT2D eigenvalue weighted by atomic mass is 9.97. The van der Waals surface area contributed by atoms with Crippen LogP contribution in [-0.4, -0.2) is 232 Å². The third-order valence-electron chi connectivity index (χ3n) is 13.0. The molecule has 89 heavy (non-hydrogen) atoms. The Hall–Kier alpha value is -8.00. The summed E-state index contributed by atoms with van der Waals surface area (Å²) < 4.78 is 0. The molecule has 0 radical (unpaired) electrons. The first-order chi connectivity index (χ1) is 41.6. The molecule has 0 unspecified atom stereocenters. The molecule has 0 spiro atoms. The van der Waals surface area contributed by atoms with E-state index in [1.165, 1.54) is 6.92 Å². The Morgan fingerprint density at radius 1 is 0.483 bits per heavy atom. The molecule has 13 amide bonds. The van der Waals surface area contributed by atoms with Gasteiger partial charge in [0.15, 0.2) is 5.96 Å². The van der Waals surface area contributed by atoms with Crippen LogP contribution in [0.15, 0.2) is 4.99 Å². The number of guanidine groups is 1. The van der Waals surface area contributed by atoms with Crippen LogP contribution < -0.4 is 86.7 Å². The highest BCUT2D eigenvalue weighted by molar-refractivity contribution is 7.80. The van der Waals surface area contributed by atoms with E-state index < -0.39 is 200 Å². The zero-order valence-corrected chi connectivity index (χ0v) is 52.1. The Kier molecular flexibility index (Phi) is 38.2. The molecule has 25 N–H and O–H groups in total. The minimum Gasteiger partial charge on any atom is -0.480 e. The second-order valence-electron chi connectivity index (χ2n) is 21.7. The lowest BCUT2D eigenvalue weighted by Crippen LogP contribution is -2.63. The lowest BCUT2D eigenvalue weighted by Gasteiger charge is -2.29. The number of nitrogens with zero attached hydrogens (tertiary/aromatic N) is 1. The molecular formula is C52H93N17O19S. The highest BCUT2D eigenvalue weighted by atomic mass is 32.1. The molecule has 37 heteroatoms. The van der Waals surface area contributed by atoms with Crippen molar-refractivity contribution in [2.24, 2.45) is 45.7 Å². The van der Waals surface area contributed by atoms with Gasteiger partial charge in [0.2, 0.25) is 76.8 Å². The number of rotatable bonds is 43. The number of aliphatic hydroxyl groups excluding tert-OH is 4. The van der Waals surface area contributed by atoms with E-state index in [0.717, 1.165) is 6.92 Å². The van der Waals surface area contributed by atoms with E-state index in [2.05, 4.69) is 81.4 Å². The third-order valence-corrected chi connectivity index (χ3v) is 13.4. The molecule has 0 aromatic carbocycles. The summed E-state index contributed by atoms with van der Waals surface area (Å²) in [5.74, 6) is -16.1. The first kappa shape index (κ1) is 81.0. The number of carbonyl (C=O) groups excluding carboxylic acids is 13. The minimum atomic E-state index is -1.81. The van der Waals surface area contributed by atoms with Crippen LogP contribution in [-0.2, 0) is 67.1 Å². The molecule has 0 rings (SSSR count). The fourth-order valence-corrected chi connectivity index (χ4v) is 8.05. The number of hydrogen-bond acceptors (Lipinski definition) is 21. The Balaban J connectivity index is 6.29. The van der Waals surface area contributed by atoms with E-state index in [9.17, 15) is 92.7 Å². The van der Waals surface area contributed by atoms with Crippen molar-refractivity contribution in [2.45, 2.75) is 173 Å². The predicted octanol–water partition coefficient (Wildman–Crippen LogP) is -9.76. The van der Waals surface area contributed by atoms with Crippen LogP contribution in [0.1, 0.15) is 100 Å². The summed E-state index contributed by atoms with van der Waals surface area (Å²) in [6.45, 7) is 7.86. The summed E-state index contributed by atoms with van der Waals surface area (Å²) in [6.07, 6.45) is -1.90. The molecule has 0 saturated carbocycles. The Bertz CT molecular complexity index is 2450. The SMILES string of the molecule is CC[C@H](C)[C@H](NC(=O)[C@@H](NC(=O)[C@H](CS)NC(=O)[C@H](CO)NC(=O)[C@H](CC(C)C)NC(=O)[C@H](CCCN=C(N)N)NC(=O)[C@H](CC(C)C)NC(=O)[C@H](CO)NC(=O)CNC(=O)CNC(=O)[C@H](C)NC(=O)[C@@H](N)CCC(N)=O)[C@@H](C)O)C(=O)N[C@@H](CO)C(=O)O.